The van der Waals surface area contributed by atoms with Gasteiger partial charge in [-0.2, -0.15) is 0 Å². The highest BCUT2D eigenvalue weighted by molar-refractivity contribution is 6.31. The first-order chi connectivity index (χ1) is 12.0. The van der Waals surface area contributed by atoms with Crippen LogP contribution >= 0.6 is 11.6 Å². The molecule has 25 heavy (non-hydrogen) atoms. The molecule has 1 aromatic heterocycles. The highest BCUT2D eigenvalue weighted by Gasteiger charge is 2.14. The van der Waals surface area contributed by atoms with Crippen molar-refractivity contribution >= 4 is 34.1 Å². The molecule has 128 valence electrons. The molecule has 0 aliphatic carbocycles. The Morgan fingerprint density at radius 1 is 1.20 bits per heavy atom. The summed E-state index contributed by atoms with van der Waals surface area (Å²) in [7, 11) is 1.49. The first-order valence-electron chi connectivity index (χ1n) is 7.82. The van der Waals surface area contributed by atoms with Gasteiger partial charge in [0.1, 0.15) is 5.75 Å². The average molecular weight is 357 g/mol. The number of halogens is 1. The largest absolute Gasteiger partial charge is 0.496 e. The second kappa shape index (κ2) is 6.99. The molecule has 0 aliphatic rings. The van der Waals surface area contributed by atoms with E-state index in [2.05, 4.69) is 10.3 Å². The number of H-pyrrole nitrogens is 1. The van der Waals surface area contributed by atoms with E-state index in [1.807, 2.05) is 13.0 Å². The Hall–Kier alpha value is -2.79. The van der Waals surface area contributed by atoms with Crippen LogP contribution in [-0.4, -0.2) is 18.0 Å². The van der Waals surface area contributed by atoms with Gasteiger partial charge in [0.05, 0.1) is 18.2 Å². The Labute approximate surface area is 149 Å². The summed E-state index contributed by atoms with van der Waals surface area (Å²) in [6.07, 6.45) is 0.756. The van der Waals surface area contributed by atoms with Crippen LogP contribution in [0.1, 0.15) is 22.8 Å². The van der Waals surface area contributed by atoms with Crippen molar-refractivity contribution in [3.63, 3.8) is 0 Å². The van der Waals surface area contributed by atoms with Crippen LogP contribution in [0.3, 0.4) is 0 Å². The summed E-state index contributed by atoms with van der Waals surface area (Å²) < 4.78 is 5.21. The number of aromatic nitrogens is 1. The van der Waals surface area contributed by atoms with Crippen molar-refractivity contribution < 1.29 is 9.53 Å². The molecule has 0 unspecified atom stereocenters. The smallest absolute Gasteiger partial charge is 0.259 e. The highest BCUT2D eigenvalue weighted by Crippen LogP contribution is 2.25. The SMILES string of the molecule is CCc1cc(=O)[nH]c2cc(NC(=O)c3cc(Cl)ccc3OC)ccc12. The molecule has 1 amide bonds. The Morgan fingerprint density at radius 2 is 2.00 bits per heavy atom. The van der Waals surface area contributed by atoms with E-state index in [0.29, 0.717) is 27.5 Å². The Balaban J connectivity index is 1.97. The standard InChI is InChI=1S/C19H17ClN2O3/c1-3-11-8-18(23)22-16-10-13(5-6-14(11)16)21-19(24)15-9-12(20)4-7-17(15)25-2/h4-10H,3H2,1-2H3,(H,21,24)(H,22,23). The second-order valence-corrected chi connectivity index (χ2v) is 6.01. The lowest BCUT2D eigenvalue weighted by Crippen LogP contribution is -2.13. The molecule has 0 spiro atoms. The Kier molecular flexibility index (Phi) is 4.76. The maximum absolute atomic E-state index is 12.6. The molecule has 0 bridgehead atoms. The molecule has 6 heteroatoms. The van der Waals surface area contributed by atoms with E-state index in [4.69, 9.17) is 16.3 Å². The van der Waals surface area contributed by atoms with Crippen LogP contribution in [0, 0.1) is 0 Å². The third-order valence-electron chi connectivity index (χ3n) is 3.97. The summed E-state index contributed by atoms with van der Waals surface area (Å²) in [6, 6.07) is 11.9. The van der Waals surface area contributed by atoms with Crippen LogP contribution in [0.4, 0.5) is 5.69 Å². The van der Waals surface area contributed by atoms with Gasteiger partial charge in [-0.05, 0) is 42.3 Å². The van der Waals surface area contributed by atoms with Crippen molar-refractivity contribution in [2.75, 3.05) is 12.4 Å². The number of rotatable bonds is 4. The van der Waals surface area contributed by atoms with Crippen LogP contribution in [0.15, 0.2) is 47.3 Å². The fourth-order valence-electron chi connectivity index (χ4n) is 2.76. The molecule has 0 saturated heterocycles. The fraction of sp³-hybridized carbons (Fsp3) is 0.158. The molecule has 0 radical (unpaired) electrons. The van der Waals surface area contributed by atoms with Crippen molar-refractivity contribution in [2.45, 2.75) is 13.3 Å². The van der Waals surface area contributed by atoms with E-state index in [1.54, 1.807) is 36.4 Å². The molecule has 5 nitrogen and oxygen atoms in total. The number of hydrogen-bond donors (Lipinski definition) is 2. The Bertz CT molecular complexity index is 1010. The number of aryl methyl sites for hydroxylation is 1. The van der Waals surface area contributed by atoms with Crippen LogP contribution < -0.4 is 15.6 Å². The maximum Gasteiger partial charge on any atom is 0.259 e. The van der Waals surface area contributed by atoms with Gasteiger partial charge in [0.15, 0.2) is 0 Å². The number of benzene rings is 2. The van der Waals surface area contributed by atoms with Crippen molar-refractivity contribution in [1.29, 1.82) is 0 Å². The fourth-order valence-corrected chi connectivity index (χ4v) is 2.93. The van der Waals surface area contributed by atoms with Gasteiger partial charge in [-0.3, -0.25) is 9.59 Å². The number of carbonyl (C=O) groups is 1. The predicted octanol–water partition coefficient (Wildman–Crippen LogP) is 4.00. The van der Waals surface area contributed by atoms with Crippen molar-refractivity contribution in [1.82, 2.24) is 4.98 Å². The molecule has 2 aromatic carbocycles. The molecular formula is C19H17ClN2O3. The number of carbonyl (C=O) groups excluding carboxylic acids is 1. The summed E-state index contributed by atoms with van der Waals surface area (Å²) in [5, 5.41) is 4.21. The van der Waals surface area contributed by atoms with Gasteiger partial charge in [0.25, 0.3) is 5.91 Å². The molecule has 0 atom stereocenters. The third-order valence-corrected chi connectivity index (χ3v) is 4.21. The normalized spacial score (nSPS) is 10.7. The molecule has 2 N–H and O–H groups in total. The minimum absolute atomic E-state index is 0.163. The molecule has 1 heterocycles. The van der Waals surface area contributed by atoms with Crippen molar-refractivity contribution in [2.24, 2.45) is 0 Å². The summed E-state index contributed by atoms with van der Waals surface area (Å²) in [6.45, 7) is 2.00. The molecule has 3 rings (SSSR count). The molecule has 0 aliphatic heterocycles. The number of methoxy groups -OCH3 is 1. The lowest BCUT2D eigenvalue weighted by atomic mass is 10.1. The minimum atomic E-state index is -0.340. The second-order valence-electron chi connectivity index (χ2n) is 5.57. The van der Waals surface area contributed by atoms with Crippen LogP contribution in [0.25, 0.3) is 10.9 Å². The maximum atomic E-state index is 12.6. The zero-order chi connectivity index (χ0) is 18.0. The van der Waals surface area contributed by atoms with E-state index >= 15 is 0 Å². The average Bonchev–Trinajstić information content (AvgIpc) is 2.60. The van der Waals surface area contributed by atoms with Gasteiger partial charge < -0.3 is 15.0 Å². The summed E-state index contributed by atoms with van der Waals surface area (Å²) in [4.78, 5) is 27.1. The highest BCUT2D eigenvalue weighted by atomic mass is 35.5. The number of hydrogen-bond acceptors (Lipinski definition) is 3. The van der Waals surface area contributed by atoms with Gasteiger partial charge in [0, 0.05) is 22.2 Å². The zero-order valence-electron chi connectivity index (χ0n) is 13.9. The van der Waals surface area contributed by atoms with E-state index in [0.717, 1.165) is 17.4 Å². The predicted molar refractivity (Wildman–Crippen MR) is 99.9 cm³/mol. The third kappa shape index (κ3) is 3.51. The summed E-state index contributed by atoms with van der Waals surface area (Å²) >= 11 is 5.97. The van der Waals surface area contributed by atoms with Gasteiger partial charge in [-0.25, -0.2) is 0 Å². The number of ether oxygens (including phenoxy) is 1. The van der Waals surface area contributed by atoms with Crippen LogP contribution in [-0.2, 0) is 6.42 Å². The Morgan fingerprint density at radius 3 is 2.72 bits per heavy atom. The number of aromatic amines is 1. The number of fused-ring (bicyclic) bond motifs is 1. The van der Waals surface area contributed by atoms with Gasteiger partial charge in [0.2, 0.25) is 5.56 Å². The zero-order valence-corrected chi connectivity index (χ0v) is 14.6. The molecular weight excluding hydrogens is 340 g/mol. The topological polar surface area (TPSA) is 71.2 Å². The number of anilines is 1. The van der Waals surface area contributed by atoms with E-state index < -0.39 is 0 Å². The minimum Gasteiger partial charge on any atom is -0.496 e. The van der Waals surface area contributed by atoms with E-state index in [-0.39, 0.29) is 11.5 Å². The van der Waals surface area contributed by atoms with Gasteiger partial charge >= 0.3 is 0 Å². The van der Waals surface area contributed by atoms with E-state index in [1.165, 1.54) is 7.11 Å². The van der Waals surface area contributed by atoms with Gasteiger partial charge in [-0.15, -0.1) is 0 Å². The van der Waals surface area contributed by atoms with Crippen LogP contribution in [0.2, 0.25) is 5.02 Å². The first kappa shape index (κ1) is 17.0. The molecule has 0 fully saturated rings. The first-order valence-corrected chi connectivity index (χ1v) is 8.20. The molecule has 3 aromatic rings. The van der Waals surface area contributed by atoms with Crippen molar-refractivity contribution in [3.8, 4) is 5.75 Å². The number of nitrogens with one attached hydrogen (secondary N) is 2. The summed E-state index contributed by atoms with van der Waals surface area (Å²) in [5.41, 5.74) is 2.40. The van der Waals surface area contributed by atoms with E-state index in [9.17, 15) is 9.59 Å². The lowest BCUT2D eigenvalue weighted by molar-refractivity contribution is 0.102. The number of pyridine rings is 1. The van der Waals surface area contributed by atoms with Crippen LogP contribution in [0.5, 0.6) is 5.75 Å². The molecule has 0 saturated carbocycles. The quantitative estimate of drug-likeness (QED) is 0.742. The van der Waals surface area contributed by atoms with Crippen molar-refractivity contribution in [3.05, 3.63) is 69.0 Å². The number of amides is 1. The van der Waals surface area contributed by atoms with Gasteiger partial charge in [-0.1, -0.05) is 24.6 Å². The monoisotopic (exact) mass is 356 g/mol. The lowest BCUT2D eigenvalue weighted by Gasteiger charge is -2.11. The summed E-state index contributed by atoms with van der Waals surface area (Å²) in [5.74, 6) is 0.0945.